The Morgan fingerprint density at radius 3 is 3.00 bits per heavy atom. The molecule has 1 nitrogen and oxygen atoms in total. The van der Waals surface area contributed by atoms with Crippen LogP contribution in [0.25, 0.3) is 10.1 Å². The molecule has 0 saturated carbocycles. The van der Waals surface area contributed by atoms with Gasteiger partial charge in [-0.1, -0.05) is 22.0 Å². The standard InChI is InChI=1S/C11H9BrOS/c1-7-4-8(5-12)9-2-3-14-11(9)10(7)6-13/h2-4,6H,5H2,1H3. The van der Waals surface area contributed by atoms with E-state index < -0.39 is 0 Å². The number of alkyl halides is 1. The van der Waals surface area contributed by atoms with E-state index in [0.29, 0.717) is 0 Å². The third-order valence-corrected chi connectivity index (χ3v) is 3.89. The van der Waals surface area contributed by atoms with Gasteiger partial charge in [-0.2, -0.15) is 0 Å². The second-order valence-electron chi connectivity index (χ2n) is 3.18. The summed E-state index contributed by atoms with van der Waals surface area (Å²) in [6, 6.07) is 4.15. The van der Waals surface area contributed by atoms with Crippen molar-refractivity contribution in [2.75, 3.05) is 0 Å². The molecule has 0 N–H and O–H groups in total. The van der Waals surface area contributed by atoms with Crippen molar-refractivity contribution in [1.29, 1.82) is 0 Å². The van der Waals surface area contributed by atoms with Crippen LogP contribution in [-0.4, -0.2) is 6.29 Å². The first-order chi connectivity index (χ1) is 6.77. The third-order valence-electron chi connectivity index (χ3n) is 2.33. The molecular formula is C11H9BrOS. The molecule has 2 rings (SSSR count). The Morgan fingerprint density at radius 1 is 1.57 bits per heavy atom. The van der Waals surface area contributed by atoms with Gasteiger partial charge in [0.2, 0.25) is 0 Å². The van der Waals surface area contributed by atoms with Crippen LogP contribution in [0.3, 0.4) is 0 Å². The average molecular weight is 269 g/mol. The number of fused-ring (bicyclic) bond motifs is 1. The summed E-state index contributed by atoms with van der Waals surface area (Å²) in [4.78, 5) is 10.9. The van der Waals surface area contributed by atoms with Gasteiger partial charge in [-0.25, -0.2) is 0 Å². The smallest absolute Gasteiger partial charge is 0.151 e. The summed E-state index contributed by atoms with van der Waals surface area (Å²) >= 11 is 5.09. The summed E-state index contributed by atoms with van der Waals surface area (Å²) in [6.07, 6.45) is 0.951. The van der Waals surface area contributed by atoms with Crippen molar-refractivity contribution >= 4 is 43.6 Å². The van der Waals surface area contributed by atoms with Gasteiger partial charge in [0.15, 0.2) is 6.29 Å². The molecule has 1 aromatic heterocycles. The van der Waals surface area contributed by atoms with Crippen molar-refractivity contribution in [2.45, 2.75) is 12.3 Å². The van der Waals surface area contributed by atoms with E-state index in [4.69, 9.17) is 0 Å². The average Bonchev–Trinajstić information content (AvgIpc) is 2.65. The first kappa shape index (κ1) is 9.87. The predicted octanol–water partition coefficient (Wildman–Crippen LogP) is 3.92. The quantitative estimate of drug-likeness (QED) is 0.596. The molecule has 3 heteroatoms. The van der Waals surface area contributed by atoms with Crippen molar-refractivity contribution in [3.63, 3.8) is 0 Å². The summed E-state index contributed by atoms with van der Waals surface area (Å²) in [7, 11) is 0. The number of thiophene rings is 1. The first-order valence-corrected chi connectivity index (χ1v) is 6.29. The van der Waals surface area contributed by atoms with Crippen LogP contribution >= 0.6 is 27.3 Å². The van der Waals surface area contributed by atoms with E-state index in [0.717, 1.165) is 27.4 Å². The lowest BCUT2D eigenvalue weighted by molar-refractivity contribution is 0.112. The molecule has 0 fully saturated rings. The fraction of sp³-hybridized carbons (Fsp3) is 0.182. The number of aryl methyl sites for hydroxylation is 1. The fourth-order valence-corrected chi connectivity index (χ4v) is 3.09. The first-order valence-electron chi connectivity index (χ1n) is 4.28. The molecule has 0 aliphatic heterocycles. The van der Waals surface area contributed by atoms with Crippen LogP contribution in [0.2, 0.25) is 0 Å². The van der Waals surface area contributed by atoms with Crippen molar-refractivity contribution in [1.82, 2.24) is 0 Å². The number of carbonyl (C=O) groups is 1. The molecule has 0 bridgehead atoms. The van der Waals surface area contributed by atoms with Crippen molar-refractivity contribution in [3.05, 3.63) is 34.2 Å². The second kappa shape index (κ2) is 3.83. The van der Waals surface area contributed by atoms with Gasteiger partial charge in [0, 0.05) is 15.6 Å². The van der Waals surface area contributed by atoms with E-state index in [1.54, 1.807) is 11.3 Å². The zero-order chi connectivity index (χ0) is 10.1. The summed E-state index contributed by atoms with van der Waals surface area (Å²) in [6.45, 7) is 1.98. The van der Waals surface area contributed by atoms with Gasteiger partial charge in [0.1, 0.15) is 0 Å². The summed E-state index contributed by atoms with van der Waals surface area (Å²) in [5.74, 6) is 0. The molecule has 0 atom stereocenters. The van der Waals surface area contributed by atoms with Crippen LogP contribution in [0, 0.1) is 6.92 Å². The van der Waals surface area contributed by atoms with Gasteiger partial charge in [-0.15, -0.1) is 11.3 Å². The number of aldehydes is 1. The minimum atomic E-state index is 0.833. The lowest BCUT2D eigenvalue weighted by Crippen LogP contribution is -1.90. The Bertz CT molecular complexity index is 487. The molecule has 72 valence electrons. The molecule has 1 aromatic carbocycles. The summed E-state index contributed by atoms with van der Waals surface area (Å²) in [5.41, 5.74) is 3.15. The zero-order valence-electron chi connectivity index (χ0n) is 7.71. The Morgan fingerprint density at radius 2 is 2.36 bits per heavy atom. The number of rotatable bonds is 2. The highest BCUT2D eigenvalue weighted by atomic mass is 79.9. The SMILES string of the molecule is Cc1cc(CBr)c2ccsc2c1C=O. The van der Waals surface area contributed by atoms with Crippen molar-refractivity contribution < 1.29 is 4.79 Å². The largest absolute Gasteiger partial charge is 0.298 e. The van der Waals surface area contributed by atoms with Gasteiger partial charge in [0.25, 0.3) is 0 Å². The molecule has 0 unspecified atom stereocenters. The van der Waals surface area contributed by atoms with Crippen LogP contribution in [0.5, 0.6) is 0 Å². The minimum Gasteiger partial charge on any atom is -0.298 e. The summed E-state index contributed by atoms with van der Waals surface area (Å²) < 4.78 is 1.11. The Kier molecular flexibility index (Phi) is 2.70. The molecule has 0 spiro atoms. The van der Waals surface area contributed by atoms with E-state index in [-0.39, 0.29) is 0 Å². The minimum absolute atomic E-state index is 0.833. The zero-order valence-corrected chi connectivity index (χ0v) is 10.1. The Labute approximate surface area is 94.9 Å². The molecule has 1 heterocycles. The van der Waals surface area contributed by atoms with Crippen LogP contribution in [0.1, 0.15) is 21.5 Å². The highest BCUT2D eigenvalue weighted by Crippen LogP contribution is 2.30. The maximum atomic E-state index is 10.9. The Balaban J connectivity index is 2.88. The van der Waals surface area contributed by atoms with Crippen LogP contribution in [0.4, 0.5) is 0 Å². The van der Waals surface area contributed by atoms with E-state index in [9.17, 15) is 4.79 Å². The van der Waals surface area contributed by atoms with E-state index >= 15 is 0 Å². The number of carbonyl (C=O) groups excluding carboxylic acids is 1. The molecule has 0 aliphatic carbocycles. The van der Waals surface area contributed by atoms with Crippen LogP contribution in [-0.2, 0) is 5.33 Å². The highest BCUT2D eigenvalue weighted by Gasteiger charge is 2.09. The summed E-state index contributed by atoms with van der Waals surface area (Å²) in [5, 5.41) is 4.06. The Hall–Kier alpha value is -0.670. The molecule has 0 aliphatic rings. The molecule has 14 heavy (non-hydrogen) atoms. The molecule has 0 radical (unpaired) electrons. The van der Waals surface area contributed by atoms with Crippen LogP contribution in [0.15, 0.2) is 17.5 Å². The number of halogens is 1. The topological polar surface area (TPSA) is 17.1 Å². The third kappa shape index (κ3) is 1.41. The molecule has 0 amide bonds. The van der Waals surface area contributed by atoms with E-state index in [1.165, 1.54) is 10.9 Å². The van der Waals surface area contributed by atoms with Crippen LogP contribution < -0.4 is 0 Å². The van der Waals surface area contributed by atoms with Gasteiger partial charge in [-0.05, 0) is 34.9 Å². The number of hydrogen-bond acceptors (Lipinski definition) is 2. The van der Waals surface area contributed by atoms with Crippen molar-refractivity contribution in [2.24, 2.45) is 0 Å². The monoisotopic (exact) mass is 268 g/mol. The van der Waals surface area contributed by atoms with Gasteiger partial charge in [-0.3, -0.25) is 4.79 Å². The molecule has 2 aromatic rings. The second-order valence-corrected chi connectivity index (χ2v) is 4.66. The maximum Gasteiger partial charge on any atom is 0.151 e. The van der Waals surface area contributed by atoms with Gasteiger partial charge in [0.05, 0.1) is 0 Å². The highest BCUT2D eigenvalue weighted by molar-refractivity contribution is 9.08. The number of hydrogen-bond donors (Lipinski definition) is 0. The maximum absolute atomic E-state index is 10.9. The number of benzene rings is 1. The van der Waals surface area contributed by atoms with Gasteiger partial charge < -0.3 is 0 Å². The fourth-order valence-electron chi connectivity index (χ4n) is 1.62. The van der Waals surface area contributed by atoms with Gasteiger partial charge >= 0.3 is 0 Å². The normalized spacial score (nSPS) is 10.7. The van der Waals surface area contributed by atoms with Crippen molar-refractivity contribution in [3.8, 4) is 0 Å². The van der Waals surface area contributed by atoms with E-state index in [1.807, 2.05) is 12.3 Å². The molecule has 0 saturated heterocycles. The van der Waals surface area contributed by atoms with E-state index in [2.05, 4.69) is 28.1 Å². The molecular weight excluding hydrogens is 260 g/mol. The lowest BCUT2D eigenvalue weighted by Gasteiger charge is -2.04. The lowest BCUT2D eigenvalue weighted by atomic mass is 10.0. The predicted molar refractivity (Wildman–Crippen MR) is 64.6 cm³/mol.